The quantitative estimate of drug-likeness (QED) is 0.824. The second-order valence-corrected chi connectivity index (χ2v) is 5.60. The predicted octanol–water partition coefficient (Wildman–Crippen LogP) is 3.53. The molecule has 0 saturated heterocycles. The number of nitrogens with zero attached hydrogens (tertiary/aromatic N) is 3. The number of halogens is 1. The number of carboxylic acid groups (broad SMARTS) is 1. The van der Waals surface area contributed by atoms with Gasteiger partial charge < -0.3 is 5.11 Å². The van der Waals surface area contributed by atoms with Gasteiger partial charge in [0.15, 0.2) is 0 Å². The fourth-order valence-electron chi connectivity index (χ4n) is 1.71. The Kier molecular flexibility index (Phi) is 4.75. The Labute approximate surface area is 123 Å². The first-order chi connectivity index (χ1) is 9.60. The lowest BCUT2D eigenvalue weighted by atomic mass is 10.0. The van der Waals surface area contributed by atoms with Crippen molar-refractivity contribution in [3.63, 3.8) is 0 Å². The smallest absolute Gasteiger partial charge is 0.303 e. The maximum atomic E-state index is 10.8. The molecule has 1 aromatic carbocycles. The highest BCUT2D eigenvalue weighted by atomic mass is 35.5. The van der Waals surface area contributed by atoms with E-state index in [-0.39, 0.29) is 12.8 Å². The van der Waals surface area contributed by atoms with Crippen LogP contribution in [0.5, 0.6) is 0 Å². The molecule has 2 aromatic rings. The molecule has 0 aliphatic rings. The normalized spacial score (nSPS) is 12.1. The molecule has 1 heterocycles. The van der Waals surface area contributed by atoms with E-state index >= 15 is 0 Å². The molecule has 0 amide bonds. The van der Waals surface area contributed by atoms with E-state index in [4.69, 9.17) is 16.7 Å². The summed E-state index contributed by atoms with van der Waals surface area (Å²) in [5.41, 5.74) is 1.52. The number of benzene rings is 1. The lowest BCUT2D eigenvalue weighted by molar-refractivity contribution is -0.137. The molecule has 0 bridgehead atoms. The summed E-state index contributed by atoms with van der Waals surface area (Å²) in [7, 11) is 0. The van der Waals surface area contributed by atoms with Crippen LogP contribution in [0.25, 0.3) is 10.6 Å². The fraction of sp³-hybridized carbons (Fsp3) is 0.250. The molecule has 1 unspecified atom stereocenters. The van der Waals surface area contributed by atoms with Gasteiger partial charge in [-0.2, -0.15) is 4.91 Å². The van der Waals surface area contributed by atoms with E-state index in [1.165, 1.54) is 11.3 Å². The van der Waals surface area contributed by atoms with E-state index in [0.717, 1.165) is 5.56 Å². The van der Waals surface area contributed by atoms with Gasteiger partial charge in [-0.1, -0.05) is 40.8 Å². The van der Waals surface area contributed by atoms with Gasteiger partial charge in [-0.25, -0.2) is 0 Å². The maximum absolute atomic E-state index is 10.8. The van der Waals surface area contributed by atoms with Crippen LogP contribution in [0, 0.1) is 4.91 Å². The Hall–Kier alpha value is -1.86. The van der Waals surface area contributed by atoms with Crippen LogP contribution in [-0.4, -0.2) is 21.3 Å². The lowest BCUT2D eigenvalue weighted by Gasteiger charge is -2.08. The Morgan fingerprint density at radius 2 is 2.05 bits per heavy atom. The molecule has 1 aromatic heterocycles. The summed E-state index contributed by atoms with van der Waals surface area (Å²) >= 11 is 6.97. The van der Waals surface area contributed by atoms with Crippen LogP contribution in [-0.2, 0) is 4.79 Å². The molecule has 8 heteroatoms. The minimum Gasteiger partial charge on any atom is -0.481 e. The lowest BCUT2D eigenvalue weighted by Crippen LogP contribution is -2.00. The first kappa shape index (κ1) is 14.5. The van der Waals surface area contributed by atoms with E-state index < -0.39 is 12.0 Å². The highest BCUT2D eigenvalue weighted by Gasteiger charge is 2.14. The van der Waals surface area contributed by atoms with Crippen molar-refractivity contribution in [3.8, 4) is 10.6 Å². The SMILES string of the molecule is O=NC(CCC(=O)O)c1ccc(-c2nnc(Cl)s2)cc1. The van der Waals surface area contributed by atoms with E-state index in [1.54, 1.807) is 24.3 Å². The number of nitroso groups, excluding NO2 is 1. The average Bonchev–Trinajstić information content (AvgIpc) is 2.86. The summed E-state index contributed by atoms with van der Waals surface area (Å²) in [5.74, 6) is -0.946. The Morgan fingerprint density at radius 1 is 1.35 bits per heavy atom. The van der Waals surface area contributed by atoms with Crippen LogP contribution in [0.3, 0.4) is 0 Å². The highest BCUT2D eigenvalue weighted by molar-refractivity contribution is 7.18. The summed E-state index contributed by atoms with van der Waals surface area (Å²) in [6.45, 7) is 0. The third kappa shape index (κ3) is 3.58. The third-order valence-corrected chi connectivity index (χ3v) is 3.77. The molecular formula is C12H10ClN3O3S. The Bertz CT molecular complexity index is 615. The topological polar surface area (TPSA) is 92.5 Å². The first-order valence-electron chi connectivity index (χ1n) is 5.73. The van der Waals surface area contributed by atoms with Crippen LogP contribution >= 0.6 is 22.9 Å². The summed E-state index contributed by atoms with van der Waals surface area (Å²) < 4.78 is 0.359. The van der Waals surface area contributed by atoms with Crippen molar-refractivity contribution in [3.05, 3.63) is 39.2 Å². The monoisotopic (exact) mass is 311 g/mol. The number of hydrogen-bond donors (Lipinski definition) is 1. The minimum atomic E-state index is -0.946. The maximum Gasteiger partial charge on any atom is 0.303 e. The number of aliphatic carboxylic acids is 1. The average molecular weight is 312 g/mol. The van der Waals surface area contributed by atoms with Crippen molar-refractivity contribution in [2.75, 3.05) is 0 Å². The second kappa shape index (κ2) is 6.53. The van der Waals surface area contributed by atoms with Crippen LogP contribution in [0.2, 0.25) is 4.47 Å². The number of hydrogen-bond acceptors (Lipinski definition) is 6. The molecule has 0 spiro atoms. The van der Waals surface area contributed by atoms with Gasteiger partial charge in [0.1, 0.15) is 11.0 Å². The van der Waals surface area contributed by atoms with Crippen molar-refractivity contribution < 1.29 is 9.90 Å². The molecule has 0 fully saturated rings. The van der Waals surface area contributed by atoms with Crippen molar-refractivity contribution in [1.82, 2.24) is 10.2 Å². The summed E-state index contributed by atoms with van der Waals surface area (Å²) in [6.07, 6.45) is 0.0903. The molecule has 0 aliphatic carbocycles. The Balaban J connectivity index is 2.14. The van der Waals surface area contributed by atoms with Gasteiger partial charge in [0.2, 0.25) is 4.47 Å². The molecule has 0 aliphatic heterocycles. The van der Waals surface area contributed by atoms with E-state index in [1.807, 2.05) is 0 Å². The van der Waals surface area contributed by atoms with E-state index in [9.17, 15) is 9.70 Å². The molecule has 1 atom stereocenters. The molecule has 0 radical (unpaired) electrons. The van der Waals surface area contributed by atoms with Crippen molar-refractivity contribution >= 4 is 28.9 Å². The summed E-state index contributed by atoms with van der Waals surface area (Å²) in [5, 5.41) is 19.9. The van der Waals surface area contributed by atoms with Crippen LogP contribution < -0.4 is 0 Å². The second-order valence-electron chi connectivity index (χ2n) is 4.04. The number of aromatic nitrogens is 2. The van der Waals surface area contributed by atoms with Crippen LogP contribution in [0.4, 0.5) is 0 Å². The predicted molar refractivity (Wildman–Crippen MR) is 75.8 cm³/mol. The minimum absolute atomic E-state index is 0.0931. The highest BCUT2D eigenvalue weighted by Crippen LogP contribution is 2.29. The van der Waals surface area contributed by atoms with Crippen LogP contribution in [0.15, 0.2) is 29.4 Å². The zero-order chi connectivity index (χ0) is 14.5. The fourth-order valence-corrected chi connectivity index (χ4v) is 2.54. The van der Waals surface area contributed by atoms with Gasteiger partial charge in [-0.15, -0.1) is 10.2 Å². The standard InChI is InChI=1S/C12H10ClN3O3S/c13-12-15-14-11(20-12)8-3-1-7(2-4-8)9(16-19)5-6-10(17)18/h1-4,9H,5-6H2,(H,17,18). The van der Waals surface area contributed by atoms with Crippen molar-refractivity contribution in [2.24, 2.45) is 5.18 Å². The first-order valence-corrected chi connectivity index (χ1v) is 6.93. The summed E-state index contributed by atoms with van der Waals surface area (Å²) in [4.78, 5) is 21.3. The molecule has 104 valence electrons. The Morgan fingerprint density at radius 3 is 2.55 bits per heavy atom. The van der Waals surface area contributed by atoms with Gasteiger partial charge in [0.25, 0.3) is 0 Å². The third-order valence-electron chi connectivity index (χ3n) is 2.70. The van der Waals surface area contributed by atoms with Crippen molar-refractivity contribution in [1.29, 1.82) is 0 Å². The van der Waals surface area contributed by atoms with Crippen LogP contribution in [0.1, 0.15) is 24.4 Å². The zero-order valence-corrected chi connectivity index (χ0v) is 11.8. The van der Waals surface area contributed by atoms with Gasteiger partial charge >= 0.3 is 5.97 Å². The van der Waals surface area contributed by atoms with E-state index in [2.05, 4.69) is 15.4 Å². The summed E-state index contributed by atoms with van der Waals surface area (Å²) in [6, 6.07) is 6.38. The van der Waals surface area contributed by atoms with Gasteiger partial charge in [-0.05, 0) is 23.6 Å². The zero-order valence-electron chi connectivity index (χ0n) is 10.2. The molecule has 20 heavy (non-hydrogen) atoms. The molecule has 0 saturated carbocycles. The van der Waals surface area contributed by atoms with Crippen molar-refractivity contribution in [2.45, 2.75) is 18.9 Å². The number of carboxylic acids is 1. The molecule has 2 rings (SSSR count). The van der Waals surface area contributed by atoms with Gasteiger partial charge in [-0.3, -0.25) is 4.79 Å². The van der Waals surface area contributed by atoms with E-state index in [0.29, 0.717) is 15.0 Å². The molecular weight excluding hydrogens is 302 g/mol. The number of carbonyl (C=O) groups is 1. The molecule has 6 nitrogen and oxygen atoms in total. The molecule has 1 N–H and O–H groups in total. The largest absolute Gasteiger partial charge is 0.481 e. The van der Waals surface area contributed by atoms with Gasteiger partial charge in [0.05, 0.1) is 0 Å². The number of rotatable bonds is 6. The van der Waals surface area contributed by atoms with Gasteiger partial charge in [0, 0.05) is 12.0 Å².